The normalized spacial score (nSPS) is 13.1. The molecule has 0 aromatic heterocycles. The second-order valence-electron chi connectivity index (χ2n) is 5.40. The van der Waals surface area contributed by atoms with Gasteiger partial charge in [-0.2, -0.15) is 13.2 Å². The SMILES string of the molecule is CC(C)(CCC(=O)O)NS(=O)(=O)c1ccc(SC(F)(F)F)cc1. The third kappa shape index (κ3) is 7.23. The smallest absolute Gasteiger partial charge is 0.446 e. The number of hydrogen-bond acceptors (Lipinski definition) is 4. The molecule has 1 aromatic rings. The molecule has 0 saturated heterocycles. The van der Waals surface area contributed by atoms with Crippen LogP contribution in [-0.2, 0) is 14.8 Å². The van der Waals surface area contributed by atoms with Crippen molar-refractivity contribution in [1.29, 1.82) is 0 Å². The van der Waals surface area contributed by atoms with Gasteiger partial charge in [0.05, 0.1) is 4.90 Å². The molecule has 0 bridgehead atoms. The summed E-state index contributed by atoms with van der Waals surface area (Å²) < 4.78 is 63.5. The van der Waals surface area contributed by atoms with Crippen LogP contribution in [0.2, 0.25) is 0 Å². The highest BCUT2D eigenvalue weighted by Gasteiger charge is 2.30. The molecule has 2 N–H and O–H groups in total. The Balaban J connectivity index is 2.86. The lowest BCUT2D eigenvalue weighted by Gasteiger charge is -2.25. The maximum Gasteiger partial charge on any atom is 0.446 e. The van der Waals surface area contributed by atoms with Crippen molar-refractivity contribution < 1.29 is 31.5 Å². The first-order chi connectivity index (χ1) is 10.3. The lowest BCUT2D eigenvalue weighted by atomic mass is 10.0. The minimum Gasteiger partial charge on any atom is -0.481 e. The van der Waals surface area contributed by atoms with Gasteiger partial charge in [0, 0.05) is 16.9 Å². The maximum atomic E-state index is 12.2. The van der Waals surface area contributed by atoms with E-state index in [9.17, 15) is 26.4 Å². The maximum absolute atomic E-state index is 12.2. The van der Waals surface area contributed by atoms with Crippen molar-refractivity contribution in [2.75, 3.05) is 0 Å². The molecule has 0 aliphatic rings. The molecular weight excluding hydrogens is 355 g/mol. The summed E-state index contributed by atoms with van der Waals surface area (Å²) in [7, 11) is -3.96. The number of sulfonamides is 1. The summed E-state index contributed by atoms with van der Waals surface area (Å²) in [5.74, 6) is -1.05. The van der Waals surface area contributed by atoms with E-state index < -0.39 is 27.0 Å². The highest BCUT2D eigenvalue weighted by molar-refractivity contribution is 8.00. The topological polar surface area (TPSA) is 83.5 Å². The van der Waals surface area contributed by atoms with E-state index in [2.05, 4.69) is 4.72 Å². The molecule has 1 rings (SSSR count). The standard InChI is InChI=1S/C13H16F3NO4S2/c1-12(2,8-7-11(18)19)17-23(20,21)10-5-3-9(4-6-10)22-13(14,15)16/h3-6,17H,7-8H2,1-2H3,(H,18,19). The van der Waals surface area contributed by atoms with Crippen molar-refractivity contribution in [3.63, 3.8) is 0 Å². The highest BCUT2D eigenvalue weighted by Crippen LogP contribution is 2.37. The number of rotatable bonds is 7. The van der Waals surface area contributed by atoms with Crippen LogP contribution in [0.5, 0.6) is 0 Å². The van der Waals surface area contributed by atoms with E-state index in [4.69, 9.17) is 5.11 Å². The number of aliphatic carboxylic acids is 1. The van der Waals surface area contributed by atoms with Crippen LogP contribution in [0, 0.1) is 0 Å². The van der Waals surface area contributed by atoms with Crippen LogP contribution in [-0.4, -0.2) is 30.5 Å². The van der Waals surface area contributed by atoms with Gasteiger partial charge in [0.25, 0.3) is 0 Å². The Morgan fingerprint density at radius 1 is 1.22 bits per heavy atom. The molecule has 0 fully saturated rings. The molecule has 0 saturated carbocycles. The lowest BCUT2D eigenvalue weighted by molar-refractivity contribution is -0.137. The molecule has 0 amide bonds. The van der Waals surface area contributed by atoms with Crippen molar-refractivity contribution in [3.05, 3.63) is 24.3 Å². The van der Waals surface area contributed by atoms with Crippen LogP contribution in [0.25, 0.3) is 0 Å². The number of benzene rings is 1. The first kappa shape index (κ1) is 19.8. The molecule has 0 aliphatic heterocycles. The van der Waals surface area contributed by atoms with Crippen molar-refractivity contribution in [1.82, 2.24) is 4.72 Å². The van der Waals surface area contributed by atoms with Crippen LogP contribution in [0.15, 0.2) is 34.1 Å². The molecule has 0 heterocycles. The Kier molecular flexibility index (Phi) is 6.11. The predicted molar refractivity (Wildman–Crippen MR) is 79.6 cm³/mol. The van der Waals surface area contributed by atoms with E-state index in [1.807, 2.05) is 0 Å². The van der Waals surface area contributed by atoms with E-state index in [1.165, 1.54) is 13.8 Å². The molecule has 0 radical (unpaired) electrons. The first-order valence-electron chi connectivity index (χ1n) is 6.42. The average molecular weight is 371 g/mol. The van der Waals surface area contributed by atoms with Gasteiger partial charge in [-0.3, -0.25) is 4.79 Å². The summed E-state index contributed by atoms with van der Waals surface area (Å²) in [4.78, 5) is 10.3. The molecular formula is C13H16F3NO4S2. The van der Waals surface area contributed by atoms with Crippen LogP contribution in [0.3, 0.4) is 0 Å². The Hall–Kier alpha value is -1.26. The summed E-state index contributed by atoms with van der Waals surface area (Å²) in [5.41, 5.74) is -5.45. The number of carbonyl (C=O) groups is 1. The summed E-state index contributed by atoms with van der Waals surface area (Å²) >= 11 is -0.336. The fourth-order valence-electron chi connectivity index (χ4n) is 1.71. The molecule has 1 aromatic carbocycles. The van der Waals surface area contributed by atoms with E-state index in [0.717, 1.165) is 24.3 Å². The lowest BCUT2D eigenvalue weighted by Crippen LogP contribution is -2.43. The largest absolute Gasteiger partial charge is 0.481 e. The molecule has 10 heteroatoms. The number of alkyl halides is 3. The molecule has 130 valence electrons. The number of thioether (sulfide) groups is 1. The molecule has 0 aliphatic carbocycles. The minimum absolute atomic E-state index is 0.0730. The van der Waals surface area contributed by atoms with Crippen LogP contribution < -0.4 is 4.72 Å². The fourth-order valence-corrected chi connectivity index (χ4v) is 3.69. The zero-order chi connectivity index (χ0) is 17.9. The van der Waals surface area contributed by atoms with Crippen molar-refractivity contribution in [2.24, 2.45) is 0 Å². The van der Waals surface area contributed by atoms with Gasteiger partial charge in [0.15, 0.2) is 0 Å². The quantitative estimate of drug-likeness (QED) is 0.719. The average Bonchev–Trinajstić information content (AvgIpc) is 2.34. The van der Waals surface area contributed by atoms with Crippen LogP contribution in [0.4, 0.5) is 13.2 Å². The Bertz CT molecular complexity index is 655. The van der Waals surface area contributed by atoms with Crippen molar-refractivity contribution >= 4 is 27.8 Å². The van der Waals surface area contributed by atoms with Gasteiger partial charge in [0.1, 0.15) is 0 Å². The van der Waals surface area contributed by atoms with E-state index >= 15 is 0 Å². The minimum atomic E-state index is -4.45. The predicted octanol–water partition coefficient (Wildman–Crippen LogP) is 3.22. The van der Waals surface area contributed by atoms with Gasteiger partial charge in [0.2, 0.25) is 10.0 Å². The fraction of sp³-hybridized carbons (Fsp3) is 0.462. The number of carboxylic acids is 1. The Morgan fingerprint density at radius 3 is 2.17 bits per heavy atom. The zero-order valence-electron chi connectivity index (χ0n) is 12.3. The summed E-state index contributed by atoms with van der Waals surface area (Å²) in [6.07, 6.45) is -0.139. The third-order valence-electron chi connectivity index (χ3n) is 2.74. The first-order valence-corrected chi connectivity index (χ1v) is 8.72. The van der Waals surface area contributed by atoms with Gasteiger partial charge < -0.3 is 5.11 Å². The Morgan fingerprint density at radius 2 is 1.74 bits per heavy atom. The monoisotopic (exact) mass is 371 g/mol. The zero-order valence-corrected chi connectivity index (χ0v) is 14.0. The summed E-state index contributed by atoms with van der Waals surface area (Å²) in [5, 5.41) is 8.64. The summed E-state index contributed by atoms with van der Waals surface area (Å²) in [6.45, 7) is 3.06. The van der Waals surface area contributed by atoms with Gasteiger partial charge in [-0.25, -0.2) is 13.1 Å². The van der Waals surface area contributed by atoms with Gasteiger partial charge in [-0.15, -0.1) is 0 Å². The van der Waals surface area contributed by atoms with E-state index in [-0.39, 0.29) is 34.4 Å². The van der Waals surface area contributed by atoms with Gasteiger partial charge in [-0.05, 0) is 56.3 Å². The van der Waals surface area contributed by atoms with E-state index in [1.54, 1.807) is 0 Å². The van der Waals surface area contributed by atoms with Crippen LogP contribution in [0.1, 0.15) is 26.7 Å². The van der Waals surface area contributed by atoms with Crippen molar-refractivity contribution in [2.45, 2.75) is 47.5 Å². The number of hydrogen-bond donors (Lipinski definition) is 2. The number of halogens is 3. The van der Waals surface area contributed by atoms with Crippen LogP contribution >= 0.6 is 11.8 Å². The Labute approximate surface area is 136 Å². The molecule has 0 atom stereocenters. The van der Waals surface area contributed by atoms with Gasteiger partial charge in [-0.1, -0.05) is 0 Å². The number of nitrogens with one attached hydrogen (secondary N) is 1. The second-order valence-corrected chi connectivity index (χ2v) is 8.22. The third-order valence-corrected chi connectivity index (χ3v) is 5.20. The highest BCUT2D eigenvalue weighted by atomic mass is 32.2. The molecule has 5 nitrogen and oxygen atoms in total. The number of carboxylic acid groups (broad SMARTS) is 1. The van der Waals surface area contributed by atoms with Gasteiger partial charge >= 0.3 is 11.5 Å². The van der Waals surface area contributed by atoms with Crippen molar-refractivity contribution in [3.8, 4) is 0 Å². The van der Waals surface area contributed by atoms with E-state index in [0.29, 0.717) is 0 Å². The molecule has 0 spiro atoms. The summed E-state index contributed by atoms with van der Waals surface area (Å²) in [6, 6.07) is 4.28. The second kappa shape index (κ2) is 7.10. The molecule has 0 unspecified atom stereocenters. The molecule has 23 heavy (non-hydrogen) atoms.